The van der Waals surface area contributed by atoms with Gasteiger partial charge in [-0.15, -0.1) is 0 Å². The minimum Gasteiger partial charge on any atom is -0.337 e. The lowest BCUT2D eigenvalue weighted by Crippen LogP contribution is -2.36. The molecule has 0 unspecified atom stereocenters. The first-order valence-corrected chi connectivity index (χ1v) is 9.48. The van der Waals surface area contributed by atoms with E-state index in [1.54, 1.807) is 23.5 Å². The largest absolute Gasteiger partial charge is 0.471 e. The van der Waals surface area contributed by atoms with E-state index in [0.29, 0.717) is 24.8 Å². The monoisotopic (exact) mass is 387 g/mol. The van der Waals surface area contributed by atoms with Gasteiger partial charge in [0.25, 0.3) is 0 Å². The van der Waals surface area contributed by atoms with E-state index >= 15 is 0 Å². The fourth-order valence-electron chi connectivity index (χ4n) is 3.14. The van der Waals surface area contributed by atoms with Crippen molar-refractivity contribution in [3.63, 3.8) is 0 Å². The first-order valence-electron chi connectivity index (χ1n) is 8.30. The Hall–Kier alpha value is -2.01. The molecule has 0 aromatic heterocycles. The Balaban J connectivity index is 2.04. The van der Waals surface area contributed by atoms with Crippen LogP contribution >= 0.6 is 0 Å². The molecule has 1 aromatic carbocycles. The molecule has 0 aliphatic heterocycles. The van der Waals surface area contributed by atoms with Gasteiger partial charge in [0.2, 0.25) is 0 Å². The average Bonchev–Trinajstić information content (AvgIpc) is 2.58. The van der Waals surface area contributed by atoms with Crippen molar-refractivity contribution in [2.45, 2.75) is 49.4 Å². The Morgan fingerprint density at radius 3 is 2.50 bits per heavy atom. The number of amides is 1. The molecule has 0 spiro atoms. The van der Waals surface area contributed by atoms with Crippen molar-refractivity contribution in [1.82, 2.24) is 5.32 Å². The van der Waals surface area contributed by atoms with Crippen LogP contribution in [-0.2, 0) is 21.9 Å². The number of thiol groups is 1. The Labute approximate surface area is 152 Å². The predicted octanol–water partition coefficient (Wildman–Crippen LogP) is 2.57. The molecular weight excluding hydrogens is 367 g/mol. The van der Waals surface area contributed by atoms with Crippen LogP contribution in [0.5, 0.6) is 0 Å². The molecule has 1 saturated carbocycles. The van der Waals surface area contributed by atoms with E-state index in [0.717, 1.165) is 24.8 Å². The van der Waals surface area contributed by atoms with Crippen LogP contribution in [0.2, 0.25) is 0 Å². The molecule has 1 aliphatic rings. The summed E-state index contributed by atoms with van der Waals surface area (Å²) in [5.74, 6) is 3.13. The summed E-state index contributed by atoms with van der Waals surface area (Å²) in [4.78, 5) is 10.7. The van der Waals surface area contributed by atoms with Crippen molar-refractivity contribution in [3.05, 3.63) is 35.4 Å². The maximum atomic E-state index is 12.1. The van der Waals surface area contributed by atoms with E-state index < -0.39 is 34.1 Å². The highest BCUT2D eigenvalue weighted by molar-refractivity contribution is 7.74. The molecule has 26 heavy (non-hydrogen) atoms. The number of halogens is 3. The minimum absolute atomic E-state index is 0.409. The molecule has 2 rings (SSSR count). The fraction of sp³-hybridized carbons (Fsp3) is 0.500. The van der Waals surface area contributed by atoms with Crippen LogP contribution in [0.4, 0.5) is 13.2 Å². The van der Waals surface area contributed by atoms with E-state index in [2.05, 4.69) is 11.8 Å². The van der Waals surface area contributed by atoms with Gasteiger partial charge in [-0.2, -0.15) is 13.2 Å². The van der Waals surface area contributed by atoms with Gasteiger partial charge in [-0.3, -0.25) is 4.79 Å². The van der Waals surface area contributed by atoms with Crippen molar-refractivity contribution in [2.75, 3.05) is 6.54 Å². The van der Waals surface area contributed by atoms with Gasteiger partial charge < -0.3 is 5.32 Å². The summed E-state index contributed by atoms with van der Waals surface area (Å²) in [6.45, 7) is -0.418. The summed E-state index contributed by atoms with van der Waals surface area (Å²) in [7, 11) is -2.56. The predicted molar refractivity (Wildman–Crippen MR) is 92.2 cm³/mol. The van der Waals surface area contributed by atoms with E-state index in [4.69, 9.17) is 0 Å². The molecule has 0 bridgehead atoms. The third-order valence-corrected chi connectivity index (χ3v) is 5.84. The second kappa shape index (κ2) is 8.58. The summed E-state index contributed by atoms with van der Waals surface area (Å²) in [5, 5.41) is 1.68. The minimum atomic E-state index is -4.93. The van der Waals surface area contributed by atoms with E-state index in [-0.39, 0.29) is 0 Å². The molecule has 1 N–H and O–H groups in total. The third kappa shape index (κ3) is 5.49. The second-order valence-corrected chi connectivity index (χ2v) is 7.86. The molecule has 1 aliphatic carbocycles. The SMILES string of the molecule is O=C(NCC#Cc1cccc(CC2([SH](=O)=O)CCCCC2)c1)C(F)(F)F. The lowest BCUT2D eigenvalue weighted by Gasteiger charge is -2.32. The highest BCUT2D eigenvalue weighted by Crippen LogP contribution is 2.34. The summed E-state index contributed by atoms with van der Waals surface area (Å²) in [6, 6.07) is 6.99. The normalized spacial score (nSPS) is 16.6. The molecule has 1 fully saturated rings. The smallest absolute Gasteiger partial charge is 0.337 e. The molecule has 1 amide bonds. The van der Waals surface area contributed by atoms with Crippen LogP contribution in [0.3, 0.4) is 0 Å². The highest BCUT2D eigenvalue weighted by atomic mass is 32.2. The number of carbonyl (C=O) groups is 1. The van der Waals surface area contributed by atoms with Crippen LogP contribution < -0.4 is 5.32 Å². The van der Waals surface area contributed by atoms with Gasteiger partial charge in [0.05, 0.1) is 11.3 Å². The molecule has 8 heteroatoms. The molecule has 0 atom stereocenters. The zero-order valence-corrected chi connectivity index (χ0v) is 15.0. The van der Waals surface area contributed by atoms with Crippen molar-refractivity contribution in [2.24, 2.45) is 0 Å². The number of alkyl halides is 3. The summed E-state index contributed by atoms with van der Waals surface area (Å²) < 4.78 is 59.1. The molecule has 1 aromatic rings. The lowest BCUT2D eigenvalue weighted by atomic mass is 9.83. The molecule has 0 heterocycles. The Morgan fingerprint density at radius 1 is 1.19 bits per heavy atom. The first-order chi connectivity index (χ1) is 12.2. The second-order valence-electron chi connectivity index (χ2n) is 6.40. The van der Waals surface area contributed by atoms with Crippen molar-refractivity contribution >= 4 is 16.6 Å². The zero-order valence-electron chi connectivity index (χ0n) is 14.1. The summed E-state index contributed by atoms with van der Waals surface area (Å²) in [6.07, 6.45) is -0.406. The quantitative estimate of drug-likeness (QED) is 0.617. The van der Waals surface area contributed by atoms with Crippen molar-refractivity contribution in [1.29, 1.82) is 0 Å². The number of rotatable bonds is 4. The fourth-order valence-corrected chi connectivity index (χ4v) is 4.14. The van der Waals surface area contributed by atoms with Crippen molar-refractivity contribution < 1.29 is 26.4 Å². The maximum absolute atomic E-state index is 12.1. The van der Waals surface area contributed by atoms with Gasteiger partial charge in [-0.05, 0) is 37.0 Å². The van der Waals surface area contributed by atoms with Gasteiger partial charge in [-0.25, -0.2) is 8.42 Å². The van der Waals surface area contributed by atoms with Gasteiger partial charge >= 0.3 is 12.1 Å². The van der Waals surface area contributed by atoms with Crippen LogP contribution in [0, 0.1) is 11.8 Å². The van der Waals surface area contributed by atoms with Gasteiger partial charge in [0.1, 0.15) is 10.7 Å². The Morgan fingerprint density at radius 2 is 1.88 bits per heavy atom. The van der Waals surface area contributed by atoms with E-state index in [1.807, 2.05) is 6.07 Å². The van der Waals surface area contributed by atoms with Crippen molar-refractivity contribution in [3.8, 4) is 11.8 Å². The van der Waals surface area contributed by atoms with Gasteiger partial charge in [0.15, 0.2) is 0 Å². The van der Waals surface area contributed by atoms with Gasteiger partial charge in [-0.1, -0.05) is 43.2 Å². The van der Waals surface area contributed by atoms with Crippen LogP contribution in [0.1, 0.15) is 43.2 Å². The summed E-state index contributed by atoms with van der Waals surface area (Å²) >= 11 is 0. The molecule has 142 valence electrons. The number of carbonyl (C=O) groups excluding carboxylic acids is 1. The lowest BCUT2D eigenvalue weighted by molar-refractivity contribution is -0.173. The van der Waals surface area contributed by atoms with Crippen LogP contribution in [-0.4, -0.2) is 31.8 Å². The number of hydrogen-bond donors (Lipinski definition) is 2. The molecule has 0 saturated heterocycles. The van der Waals surface area contributed by atoms with Gasteiger partial charge in [0, 0.05) is 5.56 Å². The Kier molecular flexibility index (Phi) is 6.70. The maximum Gasteiger partial charge on any atom is 0.471 e. The molecule has 0 radical (unpaired) electrons. The Bertz CT molecular complexity index is 777. The number of benzene rings is 1. The average molecular weight is 387 g/mol. The topological polar surface area (TPSA) is 63.2 Å². The van der Waals surface area contributed by atoms with E-state index in [1.165, 1.54) is 0 Å². The standard InChI is InChI=1S/C18H20F3NO3S/c19-18(20,21)16(23)22-11-5-8-14-6-4-7-15(12-14)13-17(26(24)25)9-2-1-3-10-17/h4,6-7,12,26H,1-3,9-11,13H2,(H,22,23). The molecular formula is C18H20F3NO3S. The first kappa shape index (κ1) is 20.3. The zero-order chi connectivity index (χ0) is 19.2. The number of nitrogens with one attached hydrogen (secondary N) is 1. The highest BCUT2D eigenvalue weighted by Gasteiger charge is 2.38. The van der Waals surface area contributed by atoms with Crippen LogP contribution in [0.15, 0.2) is 24.3 Å². The van der Waals surface area contributed by atoms with E-state index in [9.17, 15) is 26.4 Å². The third-order valence-electron chi connectivity index (χ3n) is 4.46. The summed E-state index contributed by atoms with van der Waals surface area (Å²) in [5.41, 5.74) is 1.40. The van der Waals surface area contributed by atoms with Crippen LogP contribution in [0.25, 0.3) is 0 Å². The molecule has 4 nitrogen and oxygen atoms in total. The number of hydrogen-bond acceptors (Lipinski definition) is 3.